The predicted octanol–water partition coefficient (Wildman–Crippen LogP) is -1.03. The summed E-state index contributed by atoms with van der Waals surface area (Å²) in [5, 5.41) is 34.4. The van der Waals surface area contributed by atoms with Crippen LogP contribution in [0.3, 0.4) is 0 Å². The van der Waals surface area contributed by atoms with Crippen molar-refractivity contribution in [2.75, 3.05) is 14.2 Å². The number of ether oxygens (including phenoxy) is 2. The van der Waals surface area contributed by atoms with E-state index in [2.05, 4.69) is 14.1 Å². The molecule has 0 spiro atoms. The van der Waals surface area contributed by atoms with Gasteiger partial charge in [-0.05, 0) is 41.9 Å². The Bertz CT molecular complexity index is 731. The van der Waals surface area contributed by atoms with Crippen LogP contribution in [0.4, 0.5) is 0 Å². The summed E-state index contributed by atoms with van der Waals surface area (Å²) in [5.41, 5.74) is 1.09. The lowest BCUT2D eigenvalue weighted by Gasteiger charge is -2.04. The molecule has 4 N–H and O–H groups in total. The Hall–Kier alpha value is -2.85. The molecule has 0 atom stereocenters. The first-order valence-corrected chi connectivity index (χ1v) is 7.54. The Morgan fingerprint density at radius 1 is 0.741 bits per heavy atom. The molecule has 0 bridgehead atoms. The fraction of sp³-hybridized carbons (Fsp3) is 0.125. The SMILES string of the molecule is COC(=O)c1ccc(B(O)O)cc1.COC(=O)c1ccc(OB(O)O)cc1. The van der Waals surface area contributed by atoms with Crippen molar-refractivity contribution < 1.29 is 43.8 Å². The number of carbonyl (C=O) groups excluding carboxylic acids is 2. The van der Waals surface area contributed by atoms with Crippen LogP contribution in [0.25, 0.3) is 0 Å². The van der Waals surface area contributed by atoms with Crippen molar-refractivity contribution >= 4 is 31.8 Å². The Balaban J connectivity index is 0.000000271. The molecule has 2 rings (SSSR count). The van der Waals surface area contributed by atoms with E-state index in [1.807, 2.05) is 0 Å². The predicted molar refractivity (Wildman–Crippen MR) is 96.2 cm³/mol. The highest BCUT2D eigenvalue weighted by molar-refractivity contribution is 6.58. The first-order chi connectivity index (χ1) is 12.8. The zero-order chi connectivity index (χ0) is 20.4. The molecule has 11 heteroatoms. The second-order valence-electron chi connectivity index (χ2n) is 4.95. The van der Waals surface area contributed by atoms with Crippen LogP contribution in [0.5, 0.6) is 5.75 Å². The molecule has 0 amide bonds. The minimum Gasteiger partial charge on any atom is -0.512 e. The van der Waals surface area contributed by atoms with E-state index < -0.39 is 26.4 Å². The van der Waals surface area contributed by atoms with Crippen LogP contribution < -0.4 is 10.1 Å². The monoisotopic (exact) mass is 376 g/mol. The van der Waals surface area contributed by atoms with Gasteiger partial charge in [0.05, 0.1) is 25.3 Å². The summed E-state index contributed by atoms with van der Waals surface area (Å²) >= 11 is 0. The third-order valence-electron chi connectivity index (χ3n) is 3.15. The van der Waals surface area contributed by atoms with Crippen molar-refractivity contribution in [1.82, 2.24) is 0 Å². The Labute approximate surface area is 156 Å². The number of benzene rings is 2. The lowest BCUT2D eigenvalue weighted by atomic mass is 9.80. The average Bonchev–Trinajstić information content (AvgIpc) is 2.67. The zero-order valence-electron chi connectivity index (χ0n) is 14.6. The van der Waals surface area contributed by atoms with Crippen molar-refractivity contribution in [3.8, 4) is 5.75 Å². The van der Waals surface area contributed by atoms with Gasteiger partial charge in [-0.1, -0.05) is 12.1 Å². The molecule has 0 unspecified atom stereocenters. The number of esters is 2. The van der Waals surface area contributed by atoms with Gasteiger partial charge in [-0.3, -0.25) is 0 Å². The lowest BCUT2D eigenvalue weighted by molar-refractivity contribution is 0.0592. The van der Waals surface area contributed by atoms with Crippen LogP contribution in [-0.4, -0.2) is 60.7 Å². The van der Waals surface area contributed by atoms with Gasteiger partial charge < -0.3 is 34.2 Å². The van der Waals surface area contributed by atoms with Crippen molar-refractivity contribution in [2.45, 2.75) is 0 Å². The normalized spacial score (nSPS) is 9.41. The third kappa shape index (κ3) is 7.50. The molecule has 0 aliphatic rings. The van der Waals surface area contributed by atoms with E-state index >= 15 is 0 Å². The van der Waals surface area contributed by atoms with Crippen LogP contribution in [-0.2, 0) is 9.47 Å². The second kappa shape index (κ2) is 11.0. The molecule has 0 saturated carbocycles. The van der Waals surface area contributed by atoms with Gasteiger partial charge in [-0.2, -0.15) is 0 Å². The smallest absolute Gasteiger partial charge is 0.512 e. The fourth-order valence-electron chi connectivity index (χ4n) is 1.82. The third-order valence-corrected chi connectivity index (χ3v) is 3.15. The summed E-state index contributed by atoms with van der Waals surface area (Å²) in [7, 11) is -0.799. The average molecular weight is 376 g/mol. The van der Waals surface area contributed by atoms with E-state index in [1.165, 1.54) is 62.8 Å². The molecule has 0 saturated heterocycles. The highest BCUT2D eigenvalue weighted by Crippen LogP contribution is 2.12. The largest absolute Gasteiger partial charge is 0.707 e. The maximum Gasteiger partial charge on any atom is 0.707 e. The molecule has 0 aliphatic carbocycles. The van der Waals surface area contributed by atoms with Gasteiger partial charge in [0.15, 0.2) is 0 Å². The van der Waals surface area contributed by atoms with Crippen LogP contribution in [0, 0.1) is 0 Å². The van der Waals surface area contributed by atoms with Gasteiger partial charge >= 0.3 is 26.4 Å². The lowest BCUT2D eigenvalue weighted by Crippen LogP contribution is -2.29. The number of methoxy groups -OCH3 is 2. The maximum absolute atomic E-state index is 11.0. The van der Waals surface area contributed by atoms with Gasteiger partial charge in [0.2, 0.25) is 0 Å². The molecule has 9 nitrogen and oxygen atoms in total. The van der Waals surface area contributed by atoms with Crippen molar-refractivity contribution in [2.24, 2.45) is 0 Å². The quantitative estimate of drug-likeness (QED) is 0.381. The van der Waals surface area contributed by atoms with E-state index in [4.69, 9.17) is 20.1 Å². The van der Waals surface area contributed by atoms with Crippen LogP contribution in [0.15, 0.2) is 48.5 Å². The molecule has 0 fully saturated rings. The molecular formula is C16H18B2O9. The summed E-state index contributed by atoms with van der Waals surface area (Å²) < 4.78 is 13.5. The Kier molecular flexibility index (Phi) is 9.03. The molecule has 0 aliphatic heterocycles. The van der Waals surface area contributed by atoms with E-state index in [0.29, 0.717) is 16.6 Å². The van der Waals surface area contributed by atoms with Gasteiger partial charge in [-0.15, -0.1) is 0 Å². The van der Waals surface area contributed by atoms with Gasteiger partial charge in [0.25, 0.3) is 0 Å². The first-order valence-electron chi connectivity index (χ1n) is 7.54. The first kappa shape index (κ1) is 22.2. The van der Waals surface area contributed by atoms with Crippen LogP contribution in [0.2, 0.25) is 0 Å². The summed E-state index contributed by atoms with van der Waals surface area (Å²) in [6.45, 7) is 0. The minimum atomic E-state index is -1.86. The van der Waals surface area contributed by atoms with Crippen LogP contribution >= 0.6 is 0 Å². The van der Waals surface area contributed by atoms with E-state index in [9.17, 15) is 9.59 Å². The number of carbonyl (C=O) groups is 2. The van der Waals surface area contributed by atoms with Crippen LogP contribution in [0.1, 0.15) is 20.7 Å². The van der Waals surface area contributed by atoms with Crippen molar-refractivity contribution in [1.29, 1.82) is 0 Å². The fourth-order valence-corrected chi connectivity index (χ4v) is 1.82. The van der Waals surface area contributed by atoms with E-state index in [0.717, 1.165) is 0 Å². The molecule has 2 aromatic rings. The Morgan fingerprint density at radius 3 is 1.48 bits per heavy atom. The molecule has 0 heterocycles. The second-order valence-corrected chi connectivity index (χ2v) is 4.95. The number of rotatable bonds is 5. The highest BCUT2D eigenvalue weighted by atomic mass is 16.6. The number of hydrogen-bond donors (Lipinski definition) is 4. The summed E-state index contributed by atoms with van der Waals surface area (Å²) in [6, 6.07) is 11.7. The van der Waals surface area contributed by atoms with Gasteiger partial charge in [0, 0.05) is 0 Å². The summed E-state index contributed by atoms with van der Waals surface area (Å²) in [5.74, 6) is -0.646. The van der Waals surface area contributed by atoms with Gasteiger partial charge in [-0.25, -0.2) is 9.59 Å². The van der Waals surface area contributed by atoms with E-state index in [-0.39, 0.29) is 5.75 Å². The van der Waals surface area contributed by atoms with Crippen molar-refractivity contribution in [3.05, 3.63) is 59.7 Å². The zero-order valence-corrected chi connectivity index (χ0v) is 14.6. The molecule has 27 heavy (non-hydrogen) atoms. The molecular weight excluding hydrogens is 358 g/mol. The Morgan fingerprint density at radius 2 is 1.15 bits per heavy atom. The van der Waals surface area contributed by atoms with E-state index in [1.54, 1.807) is 0 Å². The topological polar surface area (TPSA) is 143 Å². The molecule has 0 aromatic heterocycles. The van der Waals surface area contributed by atoms with Crippen molar-refractivity contribution in [3.63, 3.8) is 0 Å². The maximum atomic E-state index is 11.0. The summed E-state index contributed by atoms with van der Waals surface area (Å²) in [4.78, 5) is 21.9. The minimum absolute atomic E-state index is 0.257. The van der Waals surface area contributed by atoms with Gasteiger partial charge in [0.1, 0.15) is 5.75 Å². The molecule has 142 valence electrons. The summed E-state index contributed by atoms with van der Waals surface area (Å²) in [6.07, 6.45) is 0. The number of hydrogen-bond acceptors (Lipinski definition) is 9. The molecule has 2 aromatic carbocycles. The highest BCUT2D eigenvalue weighted by Gasteiger charge is 2.12. The molecule has 0 radical (unpaired) electrons. The standard InChI is InChI=1S/C8H9BO5.C8H9BO4/c1-13-8(10)6-2-4-7(5-3-6)14-9(11)12;1-13-8(10)6-2-4-7(5-3-6)9(11)12/h2-5,11-12H,1H3;2-5,11-12H,1H3.